The molecule has 100 valence electrons. The lowest BCUT2D eigenvalue weighted by molar-refractivity contribution is 0.726. The number of nitrogens with zero attached hydrogens (tertiary/aromatic N) is 1. The van der Waals surface area contributed by atoms with Crippen molar-refractivity contribution in [1.82, 2.24) is 10.3 Å². The minimum Gasteiger partial charge on any atom is -0.313 e. The Bertz CT molecular complexity index is 561. The zero-order valence-corrected chi connectivity index (χ0v) is 12.8. The van der Waals surface area contributed by atoms with Crippen molar-refractivity contribution in [2.75, 3.05) is 6.54 Å². The lowest BCUT2D eigenvalue weighted by atomic mass is 10.2. The number of hydrogen-bond acceptors (Lipinski definition) is 3. The molecule has 0 aliphatic heterocycles. The van der Waals surface area contributed by atoms with Gasteiger partial charge in [0, 0.05) is 22.7 Å². The van der Waals surface area contributed by atoms with Crippen LogP contribution in [0, 0.1) is 0 Å². The topological polar surface area (TPSA) is 24.9 Å². The number of rotatable bonds is 5. The Hall–Kier alpha value is -0.740. The summed E-state index contributed by atoms with van der Waals surface area (Å²) in [7, 11) is 0. The fourth-order valence-corrected chi connectivity index (χ4v) is 2.92. The first-order chi connectivity index (χ1) is 9.20. The molecule has 1 N–H and O–H groups in total. The van der Waals surface area contributed by atoms with Crippen LogP contribution in [-0.4, -0.2) is 11.5 Å². The maximum Gasteiger partial charge on any atom is 0.119 e. The molecule has 0 saturated carbocycles. The minimum absolute atomic E-state index is 0.653. The monoisotopic (exact) mass is 312 g/mol. The van der Waals surface area contributed by atoms with Crippen molar-refractivity contribution >= 4 is 35.0 Å². The van der Waals surface area contributed by atoms with Gasteiger partial charge in [-0.1, -0.05) is 48.0 Å². The van der Waals surface area contributed by atoms with Gasteiger partial charge in [0.05, 0.1) is 5.02 Å². The van der Waals surface area contributed by atoms with Crippen LogP contribution in [0.15, 0.2) is 46.5 Å². The van der Waals surface area contributed by atoms with E-state index in [9.17, 15) is 0 Å². The van der Waals surface area contributed by atoms with Crippen LogP contribution in [0.1, 0.15) is 12.5 Å². The van der Waals surface area contributed by atoms with Crippen LogP contribution in [0.2, 0.25) is 10.0 Å². The Morgan fingerprint density at radius 3 is 2.74 bits per heavy atom. The average molecular weight is 313 g/mol. The molecule has 0 aliphatic carbocycles. The summed E-state index contributed by atoms with van der Waals surface area (Å²) in [4.78, 5) is 5.28. The zero-order valence-electron chi connectivity index (χ0n) is 10.5. The normalized spacial score (nSPS) is 10.7. The first kappa shape index (κ1) is 14.7. The molecule has 5 heteroatoms. The smallest absolute Gasteiger partial charge is 0.119 e. The van der Waals surface area contributed by atoms with Crippen molar-refractivity contribution in [3.63, 3.8) is 0 Å². The van der Waals surface area contributed by atoms with Gasteiger partial charge in [-0.05, 0) is 36.4 Å². The number of hydrogen-bond donors (Lipinski definition) is 1. The maximum absolute atomic E-state index is 6.26. The standard InChI is InChI=1S/C14H14Cl2N2S/c1-2-17-9-10-5-6-11(8-13(10)16)19-14-12(15)4-3-7-18-14/h3-8,17H,2,9H2,1H3. The van der Waals surface area contributed by atoms with Crippen molar-refractivity contribution in [3.8, 4) is 0 Å². The Morgan fingerprint density at radius 1 is 1.21 bits per heavy atom. The van der Waals surface area contributed by atoms with Gasteiger partial charge in [-0.2, -0.15) is 0 Å². The number of nitrogens with one attached hydrogen (secondary N) is 1. The van der Waals surface area contributed by atoms with Crippen LogP contribution in [-0.2, 0) is 6.54 Å². The largest absolute Gasteiger partial charge is 0.313 e. The molecule has 0 radical (unpaired) electrons. The van der Waals surface area contributed by atoms with Gasteiger partial charge in [-0.25, -0.2) is 4.98 Å². The van der Waals surface area contributed by atoms with E-state index >= 15 is 0 Å². The van der Waals surface area contributed by atoms with E-state index in [1.165, 1.54) is 11.8 Å². The summed E-state index contributed by atoms with van der Waals surface area (Å²) in [6.45, 7) is 3.78. The number of halogens is 2. The van der Waals surface area contributed by atoms with E-state index in [0.717, 1.165) is 33.6 Å². The van der Waals surface area contributed by atoms with E-state index in [0.29, 0.717) is 5.02 Å². The van der Waals surface area contributed by atoms with Crippen molar-refractivity contribution in [2.24, 2.45) is 0 Å². The van der Waals surface area contributed by atoms with Gasteiger partial charge in [0.1, 0.15) is 5.03 Å². The molecular weight excluding hydrogens is 299 g/mol. The van der Waals surface area contributed by atoms with E-state index in [4.69, 9.17) is 23.2 Å². The van der Waals surface area contributed by atoms with E-state index < -0.39 is 0 Å². The molecule has 2 aromatic rings. The number of benzene rings is 1. The first-order valence-corrected chi connectivity index (χ1v) is 7.55. The van der Waals surface area contributed by atoms with Gasteiger partial charge in [0.2, 0.25) is 0 Å². The minimum atomic E-state index is 0.653. The fourth-order valence-electron chi connectivity index (χ4n) is 1.55. The van der Waals surface area contributed by atoms with E-state index in [2.05, 4.69) is 17.2 Å². The second-order valence-corrected chi connectivity index (χ2v) is 5.80. The Kier molecular flexibility index (Phi) is 5.52. The van der Waals surface area contributed by atoms with Crippen molar-refractivity contribution in [2.45, 2.75) is 23.4 Å². The van der Waals surface area contributed by atoms with Crippen LogP contribution in [0.4, 0.5) is 0 Å². The summed E-state index contributed by atoms with van der Waals surface area (Å²) in [5.41, 5.74) is 1.10. The predicted molar refractivity (Wildman–Crippen MR) is 82.2 cm³/mol. The van der Waals surface area contributed by atoms with Crippen LogP contribution in [0.5, 0.6) is 0 Å². The Balaban J connectivity index is 2.14. The molecule has 1 aromatic heterocycles. The molecule has 0 fully saturated rings. The van der Waals surface area contributed by atoms with Crippen LogP contribution in [0.25, 0.3) is 0 Å². The highest BCUT2D eigenvalue weighted by molar-refractivity contribution is 7.99. The molecule has 2 rings (SSSR count). The number of pyridine rings is 1. The van der Waals surface area contributed by atoms with Crippen molar-refractivity contribution in [1.29, 1.82) is 0 Å². The van der Waals surface area contributed by atoms with Gasteiger partial charge in [-0.3, -0.25) is 0 Å². The third-order valence-corrected chi connectivity index (χ3v) is 4.31. The molecule has 0 aliphatic rings. The lowest BCUT2D eigenvalue weighted by Gasteiger charge is -2.07. The van der Waals surface area contributed by atoms with E-state index in [1.807, 2.05) is 30.3 Å². The second-order valence-electron chi connectivity index (χ2n) is 3.93. The highest BCUT2D eigenvalue weighted by Gasteiger charge is 2.06. The molecule has 0 unspecified atom stereocenters. The van der Waals surface area contributed by atoms with Gasteiger partial charge in [-0.15, -0.1) is 0 Å². The fraction of sp³-hybridized carbons (Fsp3) is 0.214. The summed E-state index contributed by atoms with van der Waals surface area (Å²) in [5, 5.41) is 5.47. The molecule has 0 bridgehead atoms. The zero-order chi connectivity index (χ0) is 13.7. The highest BCUT2D eigenvalue weighted by Crippen LogP contribution is 2.33. The third-order valence-electron chi connectivity index (χ3n) is 2.53. The molecule has 19 heavy (non-hydrogen) atoms. The highest BCUT2D eigenvalue weighted by atomic mass is 35.5. The van der Waals surface area contributed by atoms with E-state index in [1.54, 1.807) is 6.20 Å². The summed E-state index contributed by atoms with van der Waals surface area (Å²) in [6.07, 6.45) is 1.73. The number of aromatic nitrogens is 1. The van der Waals surface area contributed by atoms with Crippen molar-refractivity contribution in [3.05, 3.63) is 52.1 Å². The van der Waals surface area contributed by atoms with Gasteiger partial charge in [0.25, 0.3) is 0 Å². The molecule has 0 amide bonds. The third kappa shape index (κ3) is 4.11. The van der Waals surface area contributed by atoms with Gasteiger partial charge >= 0.3 is 0 Å². The summed E-state index contributed by atoms with van der Waals surface area (Å²) in [5.74, 6) is 0. The quantitative estimate of drug-likeness (QED) is 0.870. The molecule has 0 spiro atoms. The first-order valence-electron chi connectivity index (χ1n) is 5.98. The van der Waals surface area contributed by atoms with Gasteiger partial charge < -0.3 is 5.32 Å². The summed E-state index contributed by atoms with van der Waals surface area (Å²) < 4.78 is 0. The van der Waals surface area contributed by atoms with Crippen LogP contribution in [0.3, 0.4) is 0 Å². The molecule has 1 heterocycles. The van der Waals surface area contributed by atoms with E-state index in [-0.39, 0.29) is 0 Å². The predicted octanol–water partition coefficient (Wildman–Crippen LogP) is 4.65. The SMILES string of the molecule is CCNCc1ccc(Sc2ncccc2Cl)cc1Cl. The maximum atomic E-state index is 6.26. The summed E-state index contributed by atoms with van der Waals surface area (Å²) >= 11 is 13.9. The molecule has 1 aromatic carbocycles. The van der Waals surface area contributed by atoms with Gasteiger partial charge in [0.15, 0.2) is 0 Å². The average Bonchev–Trinajstić information content (AvgIpc) is 2.40. The Labute approximate surface area is 127 Å². The Morgan fingerprint density at radius 2 is 2.05 bits per heavy atom. The molecule has 0 saturated heterocycles. The molecule has 0 atom stereocenters. The van der Waals surface area contributed by atoms with Crippen LogP contribution >= 0.6 is 35.0 Å². The second kappa shape index (κ2) is 7.15. The lowest BCUT2D eigenvalue weighted by Crippen LogP contribution is -2.11. The molecule has 2 nitrogen and oxygen atoms in total. The van der Waals surface area contributed by atoms with Crippen molar-refractivity contribution < 1.29 is 0 Å². The summed E-state index contributed by atoms with van der Waals surface area (Å²) in [6, 6.07) is 9.67. The van der Waals surface area contributed by atoms with Crippen LogP contribution < -0.4 is 5.32 Å². The molecular formula is C14H14Cl2N2S.